The molecule has 10 nitrogen and oxygen atoms in total. The Bertz CT molecular complexity index is 1230. The molecule has 1 aromatic carbocycles. The third-order valence-electron chi connectivity index (χ3n) is 4.88. The molecule has 1 aliphatic heterocycles. The summed E-state index contributed by atoms with van der Waals surface area (Å²) in [5, 5.41) is 11.2. The number of carbonyl (C=O) groups is 1. The van der Waals surface area contributed by atoms with E-state index in [0.717, 1.165) is 15.6 Å². The number of nitrogens with zero attached hydrogens (tertiary/aromatic N) is 4. The molecule has 1 amide bonds. The molecule has 32 heavy (non-hydrogen) atoms. The molecule has 0 spiro atoms. The molecule has 0 bridgehead atoms. The number of nitrogens with one attached hydrogen (secondary N) is 1. The highest BCUT2D eigenvalue weighted by molar-refractivity contribution is 7.89. The Balaban J connectivity index is 1.46. The van der Waals surface area contributed by atoms with Gasteiger partial charge < -0.3 is 9.15 Å². The number of hydrogen-bond acceptors (Lipinski definition) is 9. The fourth-order valence-corrected chi connectivity index (χ4v) is 5.95. The summed E-state index contributed by atoms with van der Waals surface area (Å²) in [6.07, 6.45) is -0.369. The van der Waals surface area contributed by atoms with Crippen LogP contribution in [0.2, 0.25) is 0 Å². The summed E-state index contributed by atoms with van der Waals surface area (Å²) in [7, 11) is -3.68. The average Bonchev–Trinajstić information content (AvgIpc) is 3.32. The van der Waals surface area contributed by atoms with Crippen molar-refractivity contribution in [2.45, 2.75) is 44.8 Å². The Labute approximate surface area is 189 Å². The molecule has 0 saturated carbocycles. The highest BCUT2D eigenvalue weighted by Crippen LogP contribution is 2.29. The van der Waals surface area contributed by atoms with Crippen LogP contribution in [0, 0.1) is 13.8 Å². The Hall–Kier alpha value is -2.67. The van der Waals surface area contributed by atoms with Gasteiger partial charge in [0, 0.05) is 18.7 Å². The molecular formula is C20H23N5O5S2. The lowest BCUT2D eigenvalue weighted by Crippen LogP contribution is -2.48. The van der Waals surface area contributed by atoms with Gasteiger partial charge in [0.25, 0.3) is 11.8 Å². The lowest BCUT2D eigenvalue weighted by atomic mass is 10.2. The van der Waals surface area contributed by atoms with Gasteiger partial charge in [0.1, 0.15) is 4.88 Å². The largest absolute Gasteiger partial charge is 0.402 e. The van der Waals surface area contributed by atoms with Gasteiger partial charge in [-0.25, -0.2) is 13.4 Å². The lowest BCUT2D eigenvalue weighted by Gasteiger charge is -2.34. The van der Waals surface area contributed by atoms with Gasteiger partial charge in [0.2, 0.25) is 10.0 Å². The van der Waals surface area contributed by atoms with Crippen LogP contribution in [0.25, 0.3) is 10.8 Å². The summed E-state index contributed by atoms with van der Waals surface area (Å²) >= 11 is 1.42. The summed E-state index contributed by atoms with van der Waals surface area (Å²) in [5.74, 6) is -0.214. The second-order valence-corrected chi connectivity index (χ2v) is 10.8. The summed E-state index contributed by atoms with van der Waals surface area (Å²) < 4.78 is 38.5. The number of amides is 1. The van der Waals surface area contributed by atoms with Gasteiger partial charge >= 0.3 is 6.01 Å². The Morgan fingerprint density at radius 3 is 2.38 bits per heavy atom. The monoisotopic (exact) mass is 477 g/mol. The van der Waals surface area contributed by atoms with Gasteiger partial charge in [-0.05, 0) is 52.0 Å². The smallest absolute Gasteiger partial charge is 0.322 e. The second-order valence-electron chi connectivity index (χ2n) is 7.62. The zero-order valence-electron chi connectivity index (χ0n) is 18.0. The molecule has 3 aromatic rings. The second kappa shape index (κ2) is 8.70. The summed E-state index contributed by atoms with van der Waals surface area (Å²) in [5.41, 5.74) is 1.03. The van der Waals surface area contributed by atoms with Crippen LogP contribution in [0.15, 0.2) is 33.6 Å². The van der Waals surface area contributed by atoms with Crippen LogP contribution >= 0.6 is 11.3 Å². The molecule has 0 aliphatic carbocycles. The van der Waals surface area contributed by atoms with Crippen molar-refractivity contribution < 1.29 is 22.4 Å². The maximum absolute atomic E-state index is 12.9. The molecule has 2 unspecified atom stereocenters. The van der Waals surface area contributed by atoms with Gasteiger partial charge in [0.15, 0.2) is 0 Å². The first-order valence-electron chi connectivity index (χ1n) is 9.98. The van der Waals surface area contributed by atoms with E-state index in [1.165, 1.54) is 39.9 Å². The zero-order chi connectivity index (χ0) is 23.0. The first-order chi connectivity index (χ1) is 15.1. The topological polar surface area (TPSA) is 128 Å². The molecule has 4 rings (SSSR count). The van der Waals surface area contributed by atoms with Crippen molar-refractivity contribution in [3.05, 3.63) is 40.5 Å². The number of hydrogen-bond donors (Lipinski definition) is 1. The van der Waals surface area contributed by atoms with Crippen molar-refractivity contribution in [2.24, 2.45) is 0 Å². The van der Waals surface area contributed by atoms with E-state index in [0.29, 0.717) is 0 Å². The van der Waals surface area contributed by atoms with E-state index in [1.54, 1.807) is 0 Å². The summed E-state index contributed by atoms with van der Waals surface area (Å²) in [4.78, 5) is 17.7. The van der Waals surface area contributed by atoms with Gasteiger partial charge in [-0.3, -0.25) is 10.1 Å². The number of anilines is 1. The van der Waals surface area contributed by atoms with Crippen LogP contribution in [0.1, 0.15) is 34.9 Å². The van der Waals surface area contributed by atoms with E-state index < -0.39 is 15.9 Å². The highest BCUT2D eigenvalue weighted by Gasteiger charge is 2.32. The molecule has 2 atom stereocenters. The first kappa shape index (κ1) is 22.5. The van der Waals surface area contributed by atoms with Gasteiger partial charge in [-0.1, -0.05) is 5.10 Å². The predicted octanol–water partition coefficient (Wildman–Crippen LogP) is 2.86. The number of aryl methyl sites for hydroxylation is 2. The number of benzene rings is 1. The Morgan fingerprint density at radius 1 is 1.12 bits per heavy atom. The predicted molar refractivity (Wildman–Crippen MR) is 118 cm³/mol. The minimum Gasteiger partial charge on any atom is -0.402 e. The van der Waals surface area contributed by atoms with Crippen LogP contribution < -0.4 is 5.32 Å². The summed E-state index contributed by atoms with van der Waals surface area (Å²) in [6, 6.07) is 5.67. The number of carbonyl (C=O) groups excluding carboxylic acids is 1. The van der Waals surface area contributed by atoms with Crippen molar-refractivity contribution in [1.29, 1.82) is 0 Å². The molecule has 12 heteroatoms. The quantitative estimate of drug-likeness (QED) is 0.594. The summed E-state index contributed by atoms with van der Waals surface area (Å²) in [6.45, 7) is 7.97. The molecule has 1 saturated heterocycles. The molecule has 1 fully saturated rings. The third kappa shape index (κ3) is 4.58. The molecule has 0 radical (unpaired) electrons. The van der Waals surface area contributed by atoms with Crippen LogP contribution in [0.5, 0.6) is 0 Å². The van der Waals surface area contributed by atoms with Crippen molar-refractivity contribution in [3.8, 4) is 10.8 Å². The normalized spacial score (nSPS) is 19.8. The molecule has 1 aliphatic rings. The van der Waals surface area contributed by atoms with E-state index in [4.69, 9.17) is 9.15 Å². The van der Waals surface area contributed by atoms with Crippen LogP contribution in [-0.4, -0.2) is 59.1 Å². The van der Waals surface area contributed by atoms with Crippen molar-refractivity contribution >= 4 is 33.3 Å². The molecule has 3 heterocycles. The first-order valence-corrected chi connectivity index (χ1v) is 12.2. The number of thiazole rings is 1. The van der Waals surface area contributed by atoms with E-state index in [9.17, 15) is 13.2 Å². The number of sulfonamides is 1. The SMILES string of the molecule is Cc1nc(C)c(-c2nnc(NC(=O)c3ccc(S(=O)(=O)N4CC(C)OC(C)C4)cc3)o2)s1. The number of morpholine rings is 1. The van der Waals surface area contributed by atoms with E-state index in [-0.39, 0.29) is 47.7 Å². The minimum atomic E-state index is -3.68. The van der Waals surface area contributed by atoms with Crippen molar-refractivity contribution in [1.82, 2.24) is 19.5 Å². The maximum Gasteiger partial charge on any atom is 0.322 e. The third-order valence-corrected chi connectivity index (χ3v) is 7.79. The minimum absolute atomic E-state index is 0.0524. The fraction of sp³-hybridized carbons (Fsp3) is 0.400. The molecular weight excluding hydrogens is 454 g/mol. The van der Waals surface area contributed by atoms with Crippen molar-refractivity contribution in [2.75, 3.05) is 18.4 Å². The van der Waals surface area contributed by atoms with Crippen LogP contribution in [-0.2, 0) is 14.8 Å². The maximum atomic E-state index is 12.9. The lowest BCUT2D eigenvalue weighted by molar-refractivity contribution is -0.0440. The van der Waals surface area contributed by atoms with Crippen LogP contribution in [0.3, 0.4) is 0 Å². The molecule has 170 valence electrons. The van der Waals surface area contributed by atoms with E-state index in [2.05, 4.69) is 20.5 Å². The highest BCUT2D eigenvalue weighted by atomic mass is 32.2. The van der Waals surface area contributed by atoms with Crippen molar-refractivity contribution in [3.63, 3.8) is 0 Å². The van der Waals surface area contributed by atoms with E-state index >= 15 is 0 Å². The Kier molecular flexibility index (Phi) is 6.12. The Morgan fingerprint density at radius 2 is 1.78 bits per heavy atom. The van der Waals surface area contributed by atoms with Gasteiger partial charge in [-0.2, -0.15) is 4.31 Å². The van der Waals surface area contributed by atoms with Gasteiger partial charge in [0.05, 0.1) is 27.8 Å². The molecule has 2 aromatic heterocycles. The van der Waals surface area contributed by atoms with E-state index in [1.807, 2.05) is 27.7 Å². The zero-order valence-corrected chi connectivity index (χ0v) is 19.7. The van der Waals surface area contributed by atoms with Crippen LogP contribution in [0.4, 0.5) is 6.01 Å². The standard InChI is InChI=1S/C20H23N5O5S2/c1-11-9-25(10-12(2)29-11)32(27,28)16-7-5-15(6-8-16)18(26)22-20-24-23-19(30-20)17-13(3)21-14(4)31-17/h5-8,11-12H,9-10H2,1-4H3,(H,22,24,26). The number of ether oxygens (including phenoxy) is 1. The number of aromatic nitrogens is 3. The molecule has 1 N–H and O–H groups in total. The number of rotatable bonds is 5. The van der Waals surface area contributed by atoms with Gasteiger partial charge in [-0.15, -0.1) is 16.4 Å². The fourth-order valence-electron chi connectivity index (χ4n) is 3.52. The average molecular weight is 478 g/mol.